The van der Waals surface area contributed by atoms with Gasteiger partial charge in [0.1, 0.15) is 11.3 Å². The van der Waals surface area contributed by atoms with Crippen LogP contribution in [0.4, 0.5) is 5.69 Å². The molecule has 2 heterocycles. The van der Waals surface area contributed by atoms with Crippen LogP contribution in [0.5, 0.6) is 0 Å². The second kappa shape index (κ2) is 7.23. The third kappa shape index (κ3) is 3.69. The van der Waals surface area contributed by atoms with Crippen LogP contribution in [0.25, 0.3) is 5.65 Å². The molecule has 0 atom stereocenters. The highest BCUT2D eigenvalue weighted by Gasteiger charge is 2.26. The number of imidazole rings is 1. The molecule has 27 heavy (non-hydrogen) atoms. The number of rotatable bonds is 5. The van der Waals surface area contributed by atoms with Gasteiger partial charge in [0.15, 0.2) is 0 Å². The number of amides is 1. The van der Waals surface area contributed by atoms with E-state index in [0.29, 0.717) is 17.0 Å². The molecule has 140 valence electrons. The molecule has 0 radical (unpaired) electrons. The van der Waals surface area contributed by atoms with Crippen molar-refractivity contribution in [3.05, 3.63) is 65.1 Å². The van der Waals surface area contributed by atoms with Gasteiger partial charge in [-0.2, -0.15) is 0 Å². The fraction of sp³-hybridized carbons (Fsp3) is 0.286. The molecule has 0 saturated carbocycles. The lowest BCUT2D eigenvalue weighted by molar-refractivity contribution is -0.136. The van der Waals surface area contributed by atoms with Gasteiger partial charge in [-0.05, 0) is 63.1 Å². The fourth-order valence-corrected chi connectivity index (χ4v) is 3.23. The van der Waals surface area contributed by atoms with Crippen molar-refractivity contribution in [3.63, 3.8) is 0 Å². The standard InChI is InChI=1S/C21H23N3O3/c1-13(2)24(17-7-5-16(6-8-17)12-19(25)26)21(27)20-15(4)22-18-11-14(3)9-10-23(18)20/h5-11,13H,12H2,1-4H3,(H,25,26). The number of benzene rings is 1. The number of pyridine rings is 1. The zero-order valence-electron chi connectivity index (χ0n) is 15.9. The Morgan fingerprint density at radius 2 is 1.81 bits per heavy atom. The minimum atomic E-state index is -0.879. The smallest absolute Gasteiger partial charge is 0.307 e. The lowest BCUT2D eigenvalue weighted by atomic mass is 10.1. The monoisotopic (exact) mass is 365 g/mol. The van der Waals surface area contributed by atoms with E-state index in [1.165, 1.54) is 0 Å². The van der Waals surface area contributed by atoms with E-state index in [-0.39, 0.29) is 18.4 Å². The van der Waals surface area contributed by atoms with Crippen LogP contribution in [-0.2, 0) is 11.2 Å². The quantitative estimate of drug-likeness (QED) is 0.749. The van der Waals surface area contributed by atoms with E-state index < -0.39 is 5.97 Å². The van der Waals surface area contributed by atoms with Crippen molar-refractivity contribution in [2.75, 3.05) is 4.90 Å². The van der Waals surface area contributed by atoms with Gasteiger partial charge in [-0.25, -0.2) is 4.98 Å². The predicted octanol–water partition coefficient (Wildman–Crippen LogP) is 3.63. The van der Waals surface area contributed by atoms with E-state index in [0.717, 1.165) is 16.9 Å². The van der Waals surface area contributed by atoms with Gasteiger partial charge in [0.25, 0.3) is 5.91 Å². The van der Waals surface area contributed by atoms with E-state index in [1.54, 1.807) is 29.2 Å². The summed E-state index contributed by atoms with van der Waals surface area (Å²) in [4.78, 5) is 30.5. The molecular weight excluding hydrogens is 342 g/mol. The predicted molar refractivity (Wildman–Crippen MR) is 104 cm³/mol. The Bertz CT molecular complexity index is 1000. The van der Waals surface area contributed by atoms with Crippen molar-refractivity contribution in [2.24, 2.45) is 0 Å². The fourth-order valence-electron chi connectivity index (χ4n) is 3.23. The normalized spacial score (nSPS) is 11.1. The average molecular weight is 365 g/mol. The summed E-state index contributed by atoms with van der Waals surface area (Å²) in [7, 11) is 0. The zero-order valence-corrected chi connectivity index (χ0v) is 15.9. The molecule has 1 aromatic carbocycles. The molecule has 3 aromatic rings. The maximum absolute atomic E-state index is 13.4. The number of aryl methyl sites for hydroxylation is 2. The Labute approximate surface area is 158 Å². The number of carbonyl (C=O) groups excluding carboxylic acids is 1. The number of nitrogens with zero attached hydrogens (tertiary/aromatic N) is 3. The molecule has 0 fully saturated rings. The summed E-state index contributed by atoms with van der Waals surface area (Å²) >= 11 is 0. The molecule has 0 saturated heterocycles. The van der Waals surface area contributed by atoms with Crippen LogP contribution in [0, 0.1) is 13.8 Å². The summed E-state index contributed by atoms with van der Waals surface area (Å²) in [5, 5.41) is 8.92. The second-order valence-corrected chi connectivity index (χ2v) is 6.98. The zero-order chi connectivity index (χ0) is 19.7. The molecule has 2 aromatic heterocycles. The Morgan fingerprint density at radius 3 is 2.41 bits per heavy atom. The molecule has 3 rings (SSSR count). The van der Waals surface area contributed by atoms with Crippen LogP contribution in [0.3, 0.4) is 0 Å². The number of fused-ring (bicyclic) bond motifs is 1. The first-order chi connectivity index (χ1) is 12.8. The van der Waals surface area contributed by atoms with Gasteiger partial charge in [0, 0.05) is 17.9 Å². The number of aromatic nitrogens is 2. The first kappa shape index (κ1) is 18.6. The Hall–Kier alpha value is -3.15. The lowest BCUT2D eigenvalue weighted by Crippen LogP contribution is -2.38. The van der Waals surface area contributed by atoms with Gasteiger partial charge >= 0.3 is 5.97 Å². The van der Waals surface area contributed by atoms with E-state index in [1.807, 2.05) is 50.4 Å². The minimum absolute atomic E-state index is 0.0401. The molecule has 0 unspecified atom stereocenters. The summed E-state index contributed by atoms with van der Waals surface area (Å²) in [5.41, 5.74) is 4.47. The summed E-state index contributed by atoms with van der Waals surface area (Å²) in [6.45, 7) is 7.73. The largest absolute Gasteiger partial charge is 0.481 e. The number of carboxylic acids is 1. The molecule has 6 nitrogen and oxygen atoms in total. The maximum Gasteiger partial charge on any atom is 0.307 e. The lowest BCUT2D eigenvalue weighted by Gasteiger charge is -2.27. The van der Waals surface area contributed by atoms with Gasteiger partial charge in [-0.1, -0.05) is 12.1 Å². The highest BCUT2D eigenvalue weighted by Crippen LogP contribution is 2.23. The second-order valence-electron chi connectivity index (χ2n) is 6.98. The Kier molecular flexibility index (Phi) is 4.99. The van der Waals surface area contributed by atoms with Crippen LogP contribution in [0.2, 0.25) is 0 Å². The summed E-state index contributed by atoms with van der Waals surface area (Å²) in [6, 6.07) is 10.9. The van der Waals surface area contributed by atoms with Crippen molar-refractivity contribution in [1.82, 2.24) is 9.38 Å². The molecule has 6 heteroatoms. The van der Waals surface area contributed by atoms with E-state index in [4.69, 9.17) is 5.11 Å². The van der Waals surface area contributed by atoms with Crippen molar-refractivity contribution in [1.29, 1.82) is 0 Å². The number of hydrogen-bond acceptors (Lipinski definition) is 3. The summed E-state index contributed by atoms with van der Waals surface area (Å²) in [6.07, 6.45) is 1.83. The van der Waals surface area contributed by atoms with Gasteiger partial charge in [0.2, 0.25) is 0 Å². The van der Waals surface area contributed by atoms with Gasteiger partial charge in [0.05, 0.1) is 12.1 Å². The number of carbonyl (C=O) groups is 2. The number of hydrogen-bond donors (Lipinski definition) is 1. The third-order valence-corrected chi connectivity index (χ3v) is 4.46. The first-order valence-corrected chi connectivity index (χ1v) is 8.87. The molecule has 1 N–H and O–H groups in total. The van der Waals surface area contributed by atoms with Crippen LogP contribution in [0.15, 0.2) is 42.6 Å². The molecular formula is C21H23N3O3. The molecule has 0 bridgehead atoms. The molecule has 0 aliphatic rings. The third-order valence-electron chi connectivity index (χ3n) is 4.46. The first-order valence-electron chi connectivity index (χ1n) is 8.87. The van der Waals surface area contributed by atoms with Crippen molar-refractivity contribution in [3.8, 4) is 0 Å². The van der Waals surface area contributed by atoms with Gasteiger partial charge in [-0.15, -0.1) is 0 Å². The van der Waals surface area contributed by atoms with Gasteiger partial charge < -0.3 is 10.0 Å². The highest BCUT2D eigenvalue weighted by atomic mass is 16.4. The van der Waals surface area contributed by atoms with Crippen LogP contribution in [0.1, 0.15) is 41.2 Å². The average Bonchev–Trinajstić information content (AvgIpc) is 2.90. The summed E-state index contributed by atoms with van der Waals surface area (Å²) in [5.74, 6) is -1.01. The minimum Gasteiger partial charge on any atom is -0.481 e. The van der Waals surface area contributed by atoms with Crippen molar-refractivity contribution >= 4 is 23.2 Å². The number of carboxylic acid groups (broad SMARTS) is 1. The maximum atomic E-state index is 13.4. The van der Waals surface area contributed by atoms with E-state index in [9.17, 15) is 9.59 Å². The topological polar surface area (TPSA) is 74.9 Å². The van der Waals surface area contributed by atoms with Crippen molar-refractivity contribution < 1.29 is 14.7 Å². The Morgan fingerprint density at radius 1 is 1.15 bits per heavy atom. The number of anilines is 1. The SMILES string of the molecule is Cc1ccn2c(C(=O)N(c3ccc(CC(=O)O)cc3)C(C)C)c(C)nc2c1. The van der Waals surface area contributed by atoms with Crippen LogP contribution < -0.4 is 4.90 Å². The van der Waals surface area contributed by atoms with E-state index in [2.05, 4.69) is 4.98 Å². The highest BCUT2D eigenvalue weighted by molar-refractivity contribution is 6.06. The Balaban J connectivity index is 2.02. The van der Waals surface area contributed by atoms with E-state index >= 15 is 0 Å². The summed E-state index contributed by atoms with van der Waals surface area (Å²) < 4.78 is 1.82. The number of aliphatic carboxylic acids is 1. The molecule has 0 aliphatic heterocycles. The van der Waals surface area contributed by atoms with Crippen LogP contribution in [-0.4, -0.2) is 32.4 Å². The molecule has 1 amide bonds. The molecule has 0 spiro atoms. The van der Waals surface area contributed by atoms with Gasteiger partial charge in [-0.3, -0.25) is 14.0 Å². The van der Waals surface area contributed by atoms with Crippen molar-refractivity contribution in [2.45, 2.75) is 40.2 Å². The molecule has 0 aliphatic carbocycles. The van der Waals surface area contributed by atoms with Crippen LogP contribution >= 0.6 is 0 Å².